The van der Waals surface area contributed by atoms with Crippen molar-refractivity contribution in [3.63, 3.8) is 0 Å². The van der Waals surface area contributed by atoms with Crippen LogP contribution >= 0.6 is 0 Å². The summed E-state index contributed by atoms with van der Waals surface area (Å²) in [7, 11) is -3.05. The summed E-state index contributed by atoms with van der Waals surface area (Å²) in [5.74, 6) is -0.273. The van der Waals surface area contributed by atoms with Crippen molar-refractivity contribution in [2.45, 2.75) is 18.9 Å². The number of sulfone groups is 1. The number of rotatable bonds is 4. The summed E-state index contributed by atoms with van der Waals surface area (Å²) in [4.78, 5) is 10.4. The molecule has 1 N–H and O–H groups in total. The first-order valence-electron chi connectivity index (χ1n) is 6.00. The Morgan fingerprint density at radius 1 is 1.42 bits per heavy atom. The van der Waals surface area contributed by atoms with Crippen molar-refractivity contribution in [3.8, 4) is 0 Å². The average molecular weight is 285 g/mol. The summed E-state index contributed by atoms with van der Waals surface area (Å²) in [6.07, 6.45) is -0.333. The van der Waals surface area contributed by atoms with Crippen LogP contribution < -0.4 is 0 Å². The number of hydrogen-bond donors (Lipinski definition) is 1. The molecule has 1 heterocycles. The van der Waals surface area contributed by atoms with Crippen LogP contribution in [0, 0.1) is 16.0 Å². The first-order chi connectivity index (χ1) is 8.89. The third kappa shape index (κ3) is 3.30. The summed E-state index contributed by atoms with van der Waals surface area (Å²) in [6, 6.07) is 6.20. The third-order valence-electron chi connectivity index (χ3n) is 3.43. The molecule has 2 atom stereocenters. The average Bonchev–Trinajstić information content (AvgIpc) is 2.70. The van der Waals surface area contributed by atoms with Crippen molar-refractivity contribution in [2.75, 3.05) is 11.5 Å². The molecule has 0 amide bonds. The molecule has 0 aromatic heterocycles. The molecule has 1 aromatic rings. The predicted octanol–water partition coefficient (Wildman–Crippen LogP) is 0.933. The van der Waals surface area contributed by atoms with Gasteiger partial charge in [0.1, 0.15) is 0 Å². The first kappa shape index (κ1) is 14.0. The Morgan fingerprint density at radius 3 is 2.68 bits per heavy atom. The zero-order chi connectivity index (χ0) is 14.0. The molecule has 0 radical (unpaired) electrons. The van der Waals surface area contributed by atoms with Gasteiger partial charge in [0.05, 0.1) is 22.5 Å². The van der Waals surface area contributed by atoms with Crippen molar-refractivity contribution in [1.82, 2.24) is 0 Å². The summed E-state index contributed by atoms with van der Waals surface area (Å²) < 4.78 is 22.7. The van der Waals surface area contributed by atoms with Crippen molar-refractivity contribution >= 4 is 15.5 Å². The van der Waals surface area contributed by atoms with E-state index in [1.807, 2.05) is 0 Å². The van der Waals surface area contributed by atoms with E-state index in [4.69, 9.17) is 0 Å². The van der Waals surface area contributed by atoms with Crippen molar-refractivity contribution < 1.29 is 18.4 Å². The number of benzene rings is 1. The van der Waals surface area contributed by atoms with Gasteiger partial charge in [-0.3, -0.25) is 10.1 Å². The highest BCUT2D eigenvalue weighted by molar-refractivity contribution is 7.91. The number of hydrogen-bond acceptors (Lipinski definition) is 5. The smallest absolute Gasteiger partial charge is 0.272 e. The largest absolute Gasteiger partial charge is 0.392 e. The molecule has 2 unspecified atom stereocenters. The molecular weight excluding hydrogens is 270 g/mol. The van der Waals surface area contributed by atoms with Crippen LogP contribution in [0.4, 0.5) is 5.69 Å². The minimum Gasteiger partial charge on any atom is -0.392 e. The van der Waals surface area contributed by atoms with Gasteiger partial charge in [-0.15, -0.1) is 0 Å². The highest BCUT2D eigenvalue weighted by Gasteiger charge is 2.33. The summed E-state index contributed by atoms with van der Waals surface area (Å²) in [6.45, 7) is 0. The second-order valence-electron chi connectivity index (χ2n) is 4.82. The van der Waals surface area contributed by atoms with Gasteiger partial charge in [-0.25, -0.2) is 8.42 Å². The van der Waals surface area contributed by atoms with Crippen LogP contribution in [0.1, 0.15) is 12.0 Å². The van der Waals surface area contributed by atoms with Gasteiger partial charge in [-0.1, -0.05) is 18.2 Å². The van der Waals surface area contributed by atoms with Crippen LogP contribution in [0.25, 0.3) is 0 Å². The lowest BCUT2D eigenvalue weighted by Crippen LogP contribution is -2.24. The van der Waals surface area contributed by atoms with E-state index in [-0.39, 0.29) is 29.5 Å². The van der Waals surface area contributed by atoms with E-state index in [9.17, 15) is 23.6 Å². The molecule has 1 fully saturated rings. The fourth-order valence-corrected chi connectivity index (χ4v) is 4.25. The molecule has 1 aliphatic heterocycles. The van der Waals surface area contributed by atoms with Gasteiger partial charge >= 0.3 is 0 Å². The van der Waals surface area contributed by atoms with Crippen LogP contribution in [-0.2, 0) is 16.3 Å². The van der Waals surface area contributed by atoms with E-state index in [0.29, 0.717) is 12.0 Å². The number of nitro benzene ring substituents is 1. The summed E-state index contributed by atoms with van der Waals surface area (Å²) >= 11 is 0. The Morgan fingerprint density at radius 2 is 2.11 bits per heavy atom. The highest BCUT2D eigenvalue weighted by Crippen LogP contribution is 2.26. The van der Waals surface area contributed by atoms with E-state index in [1.165, 1.54) is 6.07 Å². The SMILES string of the molecule is O=[N+]([O-])c1ccccc1CC(O)C1CCS(=O)(=O)C1. The zero-order valence-electron chi connectivity index (χ0n) is 10.2. The van der Waals surface area contributed by atoms with E-state index >= 15 is 0 Å². The van der Waals surface area contributed by atoms with Gasteiger partial charge in [-0.2, -0.15) is 0 Å². The molecule has 2 rings (SSSR count). The van der Waals surface area contributed by atoms with Crippen molar-refractivity contribution in [1.29, 1.82) is 0 Å². The second kappa shape index (κ2) is 5.26. The Balaban J connectivity index is 2.12. The molecule has 0 saturated carbocycles. The van der Waals surface area contributed by atoms with E-state index in [0.717, 1.165) is 0 Å². The molecule has 1 saturated heterocycles. The number of nitrogens with zero attached hydrogens (tertiary/aromatic N) is 1. The minimum atomic E-state index is -3.05. The molecule has 1 aromatic carbocycles. The lowest BCUT2D eigenvalue weighted by molar-refractivity contribution is -0.385. The molecule has 7 heteroatoms. The quantitative estimate of drug-likeness (QED) is 0.655. The lowest BCUT2D eigenvalue weighted by atomic mass is 9.95. The number of nitro groups is 1. The Labute approximate surface area is 111 Å². The van der Waals surface area contributed by atoms with Crippen LogP contribution in [0.15, 0.2) is 24.3 Å². The maximum Gasteiger partial charge on any atom is 0.272 e. The van der Waals surface area contributed by atoms with Gasteiger partial charge in [0.25, 0.3) is 5.69 Å². The molecule has 19 heavy (non-hydrogen) atoms. The molecule has 104 valence electrons. The van der Waals surface area contributed by atoms with Gasteiger partial charge in [0.2, 0.25) is 0 Å². The van der Waals surface area contributed by atoms with Gasteiger partial charge < -0.3 is 5.11 Å². The van der Waals surface area contributed by atoms with Crippen molar-refractivity contribution in [2.24, 2.45) is 5.92 Å². The zero-order valence-corrected chi connectivity index (χ0v) is 11.0. The fourth-order valence-electron chi connectivity index (χ4n) is 2.38. The molecule has 0 bridgehead atoms. The minimum absolute atomic E-state index is 0.0329. The van der Waals surface area contributed by atoms with E-state index < -0.39 is 20.9 Å². The van der Waals surface area contributed by atoms with Crippen LogP contribution in [-0.4, -0.2) is 36.1 Å². The maximum absolute atomic E-state index is 11.4. The normalized spacial score (nSPS) is 23.1. The highest BCUT2D eigenvalue weighted by atomic mass is 32.2. The maximum atomic E-state index is 11.4. The van der Waals surface area contributed by atoms with Crippen LogP contribution in [0.3, 0.4) is 0 Å². The fraction of sp³-hybridized carbons (Fsp3) is 0.500. The third-order valence-corrected chi connectivity index (χ3v) is 5.22. The molecule has 6 nitrogen and oxygen atoms in total. The monoisotopic (exact) mass is 285 g/mol. The molecular formula is C12H15NO5S. The molecule has 1 aliphatic rings. The van der Waals surface area contributed by atoms with E-state index in [2.05, 4.69) is 0 Å². The lowest BCUT2D eigenvalue weighted by Gasteiger charge is -2.16. The first-order valence-corrected chi connectivity index (χ1v) is 7.82. The Bertz CT molecular complexity index is 584. The van der Waals surface area contributed by atoms with E-state index in [1.54, 1.807) is 18.2 Å². The Kier molecular flexibility index (Phi) is 3.86. The number of aliphatic hydroxyl groups is 1. The number of aliphatic hydroxyl groups excluding tert-OH is 1. The number of para-hydroxylation sites is 1. The Hall–Kier alpha value is -1.47. The standard InChI is InChI=1S/C12H15NO5S/c14-12(10-5-6-19(17,18)8-10)7-9-3-1-2-4-11(9)13(15)16/h1-4,10,12,14H,5-8H2. The topological polar surface area (TPSA) is 97.5 Å². The second-order valence-corrected chi connectivity index (χ2v) is 7.05. The summed E-state index contributed by atoms with van der Waals surface area (Å²) in [5, 5.41) is 20.9. The van der Waals surface area contributed by atoms with Gasteiger partial charge in [0.15, 0.2) is 9.84 Å². The van der Waals surface area contributed by atoms with Gasteiger partial charge in [0, 0.05) is 24.0 Å². The van der Waals surface area contributed by atoms with Crippen LogP contribution in [0.2, 0.25) is 0 Å². The predicted molar refractivity (Wildman–Crippen MR) is 69.6 cm³/mol. The van der Waals surface area contributed by atoms with Gasteiger partial charge in [-0.05, 0) is 6.42 Å². The van der Waals surface area contributed by atoms with Crippen molar-refractivity contribution in [3.05, 3.63) is 39.9 Å². The molecule has 0 aliphatic carbocycles. The summed E-state index contributed by atoms with van der Waals surface area (Å²) in [5.41, 5.74) is 0.395. The molecule has 0 spiro atoms. The van der Waals surface area contributed by atoms with Crippen LogP contribution in [0.5, 0.6) is 0 Å².